The number of anilines is 3. The van der Waals surface area contributed by atoms with E-state index in [4.69, 9.17) is 18.9 Å². The number of amides is 2. The Morgan fingerprint density at radius 3 is 2.38 bits per heavy atom. The summed E-state index contributed by atoms with van der Waals surface area (Å²) in [5.41, 5.74) is 3.35. The number of nitrogens with zero attached hydrogens (tertiary/aromatic N) is 2. The second kappa shape index (κ2) is 12.6. The maximum atomic E-state index is 13.3. The Bertz CT molecular complexity index is 1360. The summed E-state index contributed by atoms with van der Waals surface area (Å²) >= 11 is 0. The van der Waals surface area contributed by atoms with E-state index >= 15 is 0 Å². The van der Waals surface area contributed by atoms with Crippen LogP contribution in [-0.4, -0.2) is 72.2 Å². The number of fused-ring (bicyclic) bond motifs is 1. The van der Waals surface area contributed by atoms with Gasteiger partial charge in [0.25, 0.3) is 11.8 Å². The summed E-state index contributed by atoms with van der Waals surface area (Å²) in [7, 11) is 3.32. The molecular weight excluding hydrogens is 512 g/mol. The van der Waals surface area contributed by atoms with Crippen LogP contribution < -0.4 is 34.6 Å². The zero-order chi connectivity index (χ0) is 27.9. The predicted molar refractivity (Wildman–Crippen MR) is 153 cm³/mol. The van der Waals surface area contributed by atoms with Gasteiger partial charge in [0.15, 0.2) is 11.5 Å². The Labute approximate surface area is 233 Å². The normalized spacial score (nSPS) is 14.2. The smallest absolute Gasteiger partial charge is 0.255 e. The molecular formula is C30H34N4O6. The summed E-state index contributed by atoms with van der Waals surface area (Å²) in [6.07, 6.45) is 0.704. The van der Waals surface area contributed by atoms with Gasteiger partial charge < -0.3 is 39.4 Å². The van der Waals surface area contributed by atoms with Gasteiger partial charge in [-0.15, -0.1) is 0 Å². The van der Waals surface area contributed by atoms with E-state index in [-0.39, 0.29) is 18.6 Å². The van der Waals surface area contributed by atoms with Crippen LogP contribution in [0.2, 0.25) is 0 Å². The second-order valence-corrected chi connectivity index (χ2v) is 9.50. The summed E-state index contributed by atoms with van der Waals surface area (Å²) in [5.74, 6) is 1.49. The van der Waals surface area contributed by atoms with Crippen LogP contribution in [0, 0.1) is 0 Å². The molecule has 2 aliphatic rings. The second-order valence-electron chi connectivity index (χ2n) is 9.50. The first-order valence-electron chi connectivity index (χ1n) is 13.3. The van der Waals surface area contributed by atoms with Crippen molar-refractivity contribution in [3.05, 3.63) is 71.8 Å². The lowest BCUT2D eigenvalue weighted by Crippen LogP contribution is -2.47. The molecule has 1 saturated heterocycles. The van der Waals surface area contributed by atoms with Gasteiger partial charge in [0.2, 0.25) is 6.79 Å². The number of hydrogen-bond donors (Lipinski definition) is 2. The van der Waals surface area contributed by atoms with Gasteiger partial charge >= 0.3 is 0 Å². The van der Waals surface area contributed by atoms with Crippen LogP contribution in [0.4, 0.5) is 17.1 Å². The zero-order valence-electron chi connectivity index (χ0n) is 22.8. The van der Waals surface area contributed by atoms with Crippen LogP contribution in [0.25, 0.3) is 0 Å². The number of ether oxygens (including phenoxy) is 4. The van der Waals surface area contributed by atoms with Gasteiger partial charge in [0.05, 0.1) is 18.4 Å². The number of hydrogen-bond acceptors (Lipinski definition) is 8. The Hall–Kier alpha value is -4.44. The average molecular weight is 547 g/mol. The van der Waals surface area contributed by atoms with E-state index in [1.54, 1.807) is 38.5 Å². The first kappa shape index (κ1) is 27.1. The molecule has 40 heavy (non-hydrogen) atoms. The average Bonchev–Trinajstić information content (AvgIpc) is 3.47. The molecule has 10 heteroatoms. The highest BCUT2D eigenvalue weighted by molar-refractivity contribution is 6.06. The molecule has 0 atom stereocenters. The zero-order valence-corrected chi connectivity index (χ0v) is 22.8. The van der Waals surface area contributed by atoms with Crippen molar-refractivity contribution < 1.29 is 28.5 Å². The molecule has 2 heterocycles. The fraction of sp³-hybridized carbons (Fsp3) is 0.333. The van der Waals surface area contributed by atoms with Crippen molar-refractivity contribution in [3.8, 4) is 17.2 Å². The molecule has 0 unspecified atom stereocenters. The van der Waals surface area contributed by atoms with E-state index in [2.05, 4.69) is 26.5 Å². The summed E-state index contributed by atoms with van der Waals surface area (Å²) in [6, 6.07) is 18.5. The molecule has 10 nitrogen and oxygen atoms in total. The Balaban J connectivity index is 1.33. The summed E-state index contributed by atoms with van der Waals surface area (Å²) in [4.78, 5) is 30.8. The Morgan fingerprint density at radius 1 is 0.850 bits per heavy atom. The number of carbonyl (C=O) groups excluding carboxylic acids is 2. The molecule has 0 aliphatic carbocycles. The topological polar surface area (TPSA) is 102 Å². The van der Waals surface area contributed by atoms with Crippen LogP contribution in [0.5, 0.6) is 17.2 Å². The molecule has 5 rings (SSSR count). The van der Waals surface area contributed by atoms with Gasteiger partial charge in [0.1, 0.15) is 5.75 Å². The number of rotatable bonds is 10. The van der Waals surface area contributed by atoms with Crippen molar-refractivity contribution in [2.24, 2.45) is 0 Å². The van der Waals surface area contributed by atoms with Crippen molar-refractivity contribution in [1.82, 2.24) is 5.32 Å². The van der Waals surface area contributed by atoms with Crippen LogP contribution in [0.3, 0.4) is 0 Å². The number of carbonyl (C=O) groups is 2. The first-order valence-corrected chi connectivity index (χ1v) is 13.3. The summed E-state index contributed by atoms with van der Waals surface area (Å²) in [6.45, 7) is 4.19. The van der Waals surface area contributed by atoms with Crippen LogP contribution in [0.1, 0.15) is 27.1 Å². The number of benzene rings is 3. The van der Waals surface area contributed by atoms with E-state index in [1.165, 1.54) is 0 Å². The molecule has 3 aromatic carbocycles. The molecule has 2 amide bonds. The molecule has 0 aromatic heterocycles. The van der Waals surface area contributed by atoms with Gasteiger partial charge in [-0.2, -0.15) is 0 Å². The minimum Gasteiger partial charge on any atom is -0.495 e. The number of piperazine rings is 1. The van der Waals surface area contributed by atoms with Crippen molar-refractivity contribution in [2.75, 3.05) is 75.5 Å². The van der Waals surface area contributed by atoms with Crippen LogP contribution in [0.15, 0.2) is 60.7 Å². The van der Waals surface area contributed by atoms with Crippen LogP contribution in [-0.2, 0) is 4.74 Å². The molecule has 210 valence electrons. The maximum Gasteiger partial charge on any atom is 0.255 e. The molecule has 2 aliphatic heterocycles. The summed E-state index contributed by atoms with van der Waals surface area (Å²) in [5, 5.41) is 5.90. The molecule has 0 bridgehead atoms. The molecule has 2 N–H and O–H groups in total. The lowest BCUT2D eigenvalue weighted by Gasteiger charge is -2.38. The molecule has 0 radical (unpaired) electrons. The minimum atomic E-state index is -0.303. The van der Waals surface area contributed by atoms with Crippen molar-refractivity contribution in [1.29, 1.82) is 0 Å². The number of nitrogens with one attached hydrogen (secondary N) is 2. The third-order valence-electron chi connectivity index (χ3n) is 6.99. The van der Waals surface area contributed by atoms with Gasteiger partial charge in [-0.1, -0.05) is 12.1 Å². The quantitative estimate of drug-likeness (QED) is 0.371. The molecule has 0 saturated carbocycles. The largest absolute Gasteiger partial charge is 0.495 e. The lowest BCUT2D eigenvalue weighted by molar-refractivity contribution is 0.0947. The molecule has 3 aromatic rings. The number of methoxy groups -OCH3 is 2. The Kier molecular flexibility index (Phi) is 8.56. The van der Waals surface area contributed by atoms with Gasteiger partial charge in [0, 0.05) is 63.4 Å². The monoisotopic (exact) mass is 546 g/mol. The summed E-state index contributed by atoms with van der Waals surface area (Å²) < 4.78 is 21.4. The first-order chi connectivity index (χ1) is 19.6. The van der Waals surface area contributed by atoms with Gasteiger partial charge in [-0.05, 0) is 55.0 Å². The standard InChI is InChI=1S/C30H34N4O6/c1-37-17-5-12-31-30(36)23-19-22(32-29(35)21-8-11-27-28(18-21)40-20-39-27)9-10-24(23)33-13-15-34(16-14-33)25-6-3-4-7-26(25)38-2/h3-4,6-11,18-19H,5,12-17,20H2,1-2H3,(H,31,36)(H,32,35). The van der Waals surface area contributed by atoms with Crippen molar-refractivity contribution in [2.45, 2.75) is 6.42 Å². The molecule has 1 fully saturated rings. The minimum absolute atomic E-state index is 0.137. The number of para-hydroxylation sites is 2. The van der Waals surface area contributed by atoms with Gasteiger partial charge in [-0.25, -0.2) is 0 Å². The van der Waals surface area contributed by atoms with E-state index in [1.807, 2.05) is 30.3 Å². The highest BCUT2D eigenvalue weighted by atomic mass is 16.7. The Morgan fingerprint density at radius 2 is 1.60 bits per heavy atom. The van der Waals surface area contributed by atoms with E-state index in [0.29, 0.717) is 47.9 Å². The van der Waals surface area contributed by atoms with Crippen molar-refractivity contribution in [3.63, 3.8) is 0 Å². The van der Waals surface area contributed by atoms with E-state index in [0.717, 1.165) is 43.3 Å². The lowest BCUT2D eigenvalue weighted by atomic mass is 10.1. The third kappa shape index (κ3) is 6.07. The highest BCUT2D eigenvalue weighted by Gasteiger charge is 2.24. The fourth-order valence-electron chi connectivity index (χ4n) is 4.91. The van der Waals surface area contributed by atoms with Crippen molar-refractivity contribution >= 4 is 28.9 Å². The highest BCUT2D eigenvalue weighted by Crippen LogP contribution is 2.33. The van der Waals surface area contributed by atoms with Gasteiger partial charge in [-0.3, -0.25) is 9.59 Å². The SMILES string of the molecule is COCCCNC(=O)c1cc(NC(=O)c2ccc3c(c2)OCO3)ccc1N1CCN(c2ccccc2OC)CC1. The molecule has 0 spiro atoms. The third-order valence-corrected chi connectivity index (χ3v) is 6.99. The van der Waals surface area contributed by atoms with E-state index < -0.39 is 0 Å². The van der Waals surface area contributed by atoms with Crippen LogP contribution >= 0.6 is 0 Å². The maximum absolute atomic E-state index is 13.3. The predicted octanol–water partition coefficient (Wildman–Crippen LogP) is 3.77. The van der Waals surface area contributed by atoms with E-state index in [9.17, 15) is 9.59 Å². The fourth-order valence-corrected chi connectivity index (χ4v) is 4.91.